The predicted octanol–water partition coefficient (Wildman–Crippen LogP) is 3.25. The van der Waals surface area contributed by atoms with Crippen molar-refractivity contribution in [2.24, 2.45) is 0 Å². The van der Waals surface area contributed by atoms with Crippen LogP contribution in [0.4, 0.5) is 10.5 Å². The number of rotatable bonds is 7. The zero-order valence-electron chi connectivity index (χ0n) is 17.6. The lowest BCUT2D eigenvalue weighted by Crippen LogP contribution is -2.45. The Bertz CT molecular complexity index is 842. The Labute approximate surface area is 177 Å². The van der Waals surface area contributed by atoms with Crippen molar-refractivity contribution in [1.29, 1.82) is 0 Å². The summed E-state index contributed by atoms with van der Waals surface area (Å²) in [5.74, 6) is 0.0503. The molecular weight excluding hydrogens is 380 g/mol. The molecule has 1 aliphatic rings. The van der Waals surface area contributed by atoms with E-state index in [1.54, 1.807) is 12.1 Å². The molecule has 7 heteroatoms. The van der Waals surface area contributed by atoms with E-state index in [1.807, 2.05) is 55.1 Å². The summed E-state index contributed by atoms with van der Waals surface area (Å²) in [7, 11) is 0. The second-order valence-corrected chi connectivity index (χ2v) is 7.34. The minimum atomic E-state index is -1.07. The van der Waals surface area contributed by atoms with Crippen LogP contribution in [0.15, 0.2) is 48.5 Å². The topological polar surface area (TPSA) is 84.9 Å². The predicted molar refractivity (Wildman–Crippen MR) is 118 cm³/mol. The average molecular weight is 411 g/mol. The van der Waals surface area contributed by atoms with Gasteiger partial charge in [0.2, 0.25) is 0 Å². The monoisotopic (exact) mass is 410 g/mol. The van der Waals surface area contributed by atoms with Crippen molar-refractivity contribution in [3.63, 3.8) is 0 Å². The molecule has 2 aromatic rings. The fourth-order valence-electron chi connectivity index (χ4n) is 3.93. The summed E-state index contributed by atoms with van der Waals surface area (Å²) in [5, 5.41) is 14.7. The van der Waals surface area contributed by atoms with Gasteiger partial charge in [-0.3, -0.25) is 15.0 Å². The number of anilines is 1. The molecule has 0 bridgehead atoms. The van der Waals surface area contributed by atoms with E-state index in [0.29, 0.717) is 24.3 Å². The Morgan fingerprint density at radius 1 is 1.00 bits per heavy atom. The molecule has 30 heavy (non-hydrogen) atoms. The molecule has 1 saturated heterocycles. The van der Waals surface area contributed by atoms with Crippen molar-refractivity contribution in [3.05, 3.63) is 65.2 Å². The van der Waals surface area contributed by atoms with Gasteiger partial charge in [-0.1, -0.05) is 24.3 Å². The van der Waals surface area contributed by atoms with E-state index in [2.05, 4.69) is 15.5 Å². The van der Waals surface area contributed by atoms with Gasteiger partial charge >= 0.3 is 6.09 Å². The molecule has 0 spiro atoms. The molecule has 160 valence electrons. The summed E-state index contributed by atoms with van der Waals surface area (Å²) in [6, 6.07) is 15.4. The first-order valence-electron chi connectivity index (χ1n) is 10.5. The standard InChI is InChI=1S/C23H30N4O3/c1-3-26(4-2)22(28)19-7-5-17(6-8-19)21(27-15-13-24-14-16-27)18-9-11-20(12-10-18)25-23(29)30/h5-12,21,24-25H,3-4,13-16H2,1-2H3,(H,29,30). The van der Waals surface area contributed by atoms with Crippen LogP contribution >= 0.6 is 0 Å². The second-order valence-electron chi connectivity index (χ2n) is 7.34. The summed E-state index contributed by atoms with van der Waals surface area (Å²) in [4.78, 5) is 27.7. The van der Waals surface area contributed by atoms with Gasteiger partial charge in [-0.05, 0) is 49.2 Å². The molecule has 0 aliphatic carbocycles. The van der Waals surface area contributed by atoms with Gasteiger partial charge in [-0.15, -0.1) is 0 Å². The van der Waals surface area contributed by atoms with Crippen molar-refractivity contribution in [1.82, 2.24) is 15.1 Å². The maximum Gasteiger partial charge on any atom is 0.409 e. The number of hydrogen-bond acceptors (Lipinski definition) is 4. The van der Waals surface area contributed by atoms with E-state index in [9.17, 15) is 9.59 Å². The highest BCUT2D eigenvalue weighted by atomic mass is 16.4. The van der Waals surface area contributed by atoms with Crippen molar-refractivity contribution in [2.45, 2.75) is 19.9 Å². The smallest absolute Gasteiger partial charge is 0.409 e. The van der Waals surface area contributed by atoms with E-state index in [0.717, 1.165) is 37.3 Å². The fourth-order valence-corrected chi connectivity index (χ4v) is 3.93. The van der Waals surface area contributed by atoms with Crippen LogP contribution in [0.25, 0.3) is 0 Å². The zero-order chi connectivity index (χ0) is 21.5. The third kappa shape index (κ3) is 5.17. The number of nitrogens with one attached hydrogen (secondary N) is 2. The number of carboxylic acid groups (broad SMARTS) is 1. The van der Waals surface area contributed by atoms with Gasteiger partial charge in [0.15, 0.2) is 0 Å². The van der Waals surface area contributed by atoms with E-state index < -0.39 is 6.09 Å². The Morgan fingerprint density at radius 2 is 1.53 bits per heavy atom. The minimum Gasteiger partial charge on any atom is -0.465 e. The average Bonchev–Trinajstić information content (AvgIpc) is 2.77. The van der Waals surface area contributed by atoms with Crippen LogP contribution in [0.5, 0.6) is 0 Å². The maximum absolute atomic E-state index is 12.6. The van der Waals surface area contributed by atoms with Gasteiger partial charge in [-0.25, -0.2) is 4.79 Å². The number of carbonyl (C=O) groups is 2. The first kappa shape index (κ1) is 21.8. The minimum absolute atomic E-state index is 0.0450. The van der Waals surface area contributed by atoms with Crippen molar-refractivity contribution < 1.29 is 14.7 Å². The van der Waals surface area contributed by atoms with E-state index in [1.165, 1.54) is 0 Å². The molecule has 1 unspecified atom stereocenters. The molecule has 0 aromatic heterocycles. The van der Waals surface area contributed by atoms with Crippen LogP contribution in [0, 0.1) is 0 Å². The molecule has 1 atom stereocenters. The highest BCUT2D eigenvalue weighted by molar-refractivity contribution is 5.94. The molecule has 2 amide bonds. The highest BCUT2D eigenvalue weighted by Crippen LogP contribution is 2.30. The lowest BCUT2D eigenvalue weighted by Gasteiger charge is -2.35. The Kier molecular flexibility index (Phi) is 7.43. The molecule has 0 saturated carbocycles. The number of amides is 2. The summed E-state index contributed by atoms with van der Waals surface area (Å²) >= 11 is 0. The van der Waals surface area contributed by atoms with Crippen LogP contribution in [0.3, 0.4) is 0 Å². The highest BCUT2D eigenvalue weighted by Gasteiger charge is 2.24. The molecular formula is C23H30N4O3. The van der Waals surface area contributed by atoms with E-state index >= 15 is 0 Å². The van der Waals surface area contributed by atoms with E-state index in [-0.39, 0.29) is 11.9 Å². The fraction of sp³-hybridized carbons (Fsp3) is 0.391. The van der Waals surface area contributed by atoms with Gasteiger partial charge in [0.05, 0.1) is 6.04 Å². The second kappa shape index (κ2) is 10.2. The van der Waals surface area contributed by atoms with E-state index in [4.69, 9.17) is 5.11 Å². The molecule has 0 radical (unpaired) electrons. The quantitative estimate of drug-likeness (QED) is 0.653. The molecule has 1 aliphatic heterocycles. The van der Waals surface area contributed by atoms with Gasteiger partial charge < -0.3 is 15.3 Å². The first-order chi connectivity index (χ1) is 14.5. The molecule has 3 rings (SSSR count). The summed E-state index contributed by atoms with van der Waals surface area (Å²) in [6.45, 7) is 9.04. The first-order valence-corrected chi connectivity index (χ1v) is 10.5. The number of benzene rings is 2. The summed E-state index contributed by atoms with van der Waals surface area (Å²) < 4.78 is 0. The molecule has 3 N–H and O–H groups in total. The number of nitrogens with zero attached hydrogens (tertiary/aromatic N) is 2. The Balaban J connectivity index is 1.89. The van der Waals surface area contributed by atoms with Gasteiger partial charge in [0.25, 0.3) is 5.91 Å². The van der Waals surface area contributed by atoms with Gasteiger partial charge in [0.1, 0.15) is 0 Å². The van der Waals surface area contributed by atoms with Crippen LogP contribution in [-0.4, -0.2) is 66.2 Å². The molecule has 7 nitrogen and oxygen atoms in total. The summed E-state index contributed by atoms with van der Waals surface area (Å²) in [5.41, 5.74) is 3.45. The van der Waals surface area contributed by atoms with Crippen LogP contribution in [0.1, 0.15) is 41.4 Å². The van der Waals surface area contributed by atoms with Crippen LogP contribution in [0.2, 0.25) is 0 Å². The van der Waals surface area contributed by atoms with Gasteiger partial charge in [-0.2, -0.15) is 0 Å². The van der Waals surface area contributed by atoms with Crippen molar-refractivity contribution in [2.75, 3.05) is 44.6 Å². The van der Waals surface area contributed by atoms with Crippen LogP contribution in [-0.2, 0) is 0 Å². The lowest BCUT2D eigenvalue weighted by molar-refractivity contribution is 0.0773. The van der Waals surface area contributed by atoms with Gasteiger partial charge in [0, 0.05) is 50.5 Å². The number of carbonyl (C=O) groups excluding carboxylic acids is 1. The molecule has 1 heterocycles. The summed E-state index contributed by atoms with van der Waals surface area (Å²) in [6.07, 6.45) is -1.07. The Hall–Kier alpha value is -2.90. The largest absolute Gasteiger partial charge is 0.465 e. The van der Waals surface area contributed by atoms with Crippen LogP contribution < -0.4 is 10.6 Å². The maximum atomic E-state index is 12.6. The Morgan fingerprint density at radius 3 is 2.03 bits per heavy atom. The number of piperazine rings is 1. The third-order valence-electron chi connectivity index (χ3n) is 5.52. The normalized spacial score (nSPS) is 15.4. The number of hydrogen-bond donors (Lipinski definition) is 3. The molecule has 2 aromatic carbocycles. The zero-order valence-corrected chi connectivity index (χ0v) is 17.6. The third-order valence-corrected chi connectivity index (χ3v) is 5.52. The molecule has 1 fully saturated rings. The van der Waals surface area contributed by atoms with Crippen molar-refractivity contribution in [3.8, 4) is 0 Å². The van der Waals surface area contributed by atoms with Crippen molar-refractivity contribution >= 4 is 17.7 Å². The lowest BCUT2D eigenvalue weighted by atomic mass is 9.95. The SMILES string of the molecule is CCN(CC)C(=O)c1ccc(C(c2ccc(NC(=O)O)cc2)N2CCNCC2)cc1.